The molecule has 0 spiro atoms. The third kappa shape index (κ3) is 4.47. The Morgan fingerprint density at radius 2 is 1.75 bits per heavy atom. The number of hydrogen-bond acceptors (Lipinski definition) is 3. The summed E-state index contributed by atoms with van der Waals surface area (Å²) >= 11 is 3.43. The molecular weight excluding hydrogens is 440 g/mol. The SMILES string of the molecule is CC(C)N(Cc1ccccc1)C(=O)c1cc(S(=O)(=O)N2CCCC2)ccc1Br. The molecular formula is C21H25BrN2O3S. The van der Waals surface area contributed by atoms with Gasteiger partial charge in [-0.1, -0.05) is 30.3 Å². The zero-order valence-corrected chi connectivity index (χ0v) is 18.5. The van der Waals surface area contributed by atoms with Crippen LogP contribution in [0.15, 0.2) is 57.9 Å². The van der Waals surface area contributed by atoms with Crippen molar-refractivity contribution in [1.82, 2.24) is 9.21 Å². The van der Waals surface area contributed by atoms with Crippen LogP contribution in [0.2, 0.25) is 0 Å². The first kappa shape index (κ1) is 21.0. The molecule has 0 unspecified atom stereocenters. The van der Waals surface area contributed by atoms with Crippen LogP contribution in [0, 0.1) is 0 Å². The van der Waals surface area contributed by atoms with Gasteiger partial charge in [-0.15, -0.1) is 0 Å². The Hall–Kier alpha value is -1.70. The second-order valence-electron chi connectivity index (χ2n) is 7.27. The predicted octanol–water partition coefficient (Wildman–Crippen LogP) is 4.28. The summed E-state index contributed by atoms with van der Waals surface area (Å²) in [7, 11) is -3.57. The van der Waals surface area contributed by atoms with Crippen LogP contribution in [0.4, 0.5) is 0 Å². The minimum atomic E-state index is -3.57. The Labute approximate surface area is 175 Å². The van der Waals surface area contributed by atoms with E-state index in [1.54, 1.807) is 17.0 Å². The van der Waals surface area contributed by atoms with Crippen LogP contribution < -0.4 is 0 Å². The highest BCUT2D eigenvalue weighted by molar-refractivity contribution is 9.10. The summed E-state index contributed by atoms with van der Waals surface area (Å²) < 4.78 is 27.9. The maximum atomic E-state index is 13.3. The van der Waals surface area contributed by atoms with Crippen LogP contribution in [-0.4, -0.2) is 42.7 Å². The molecule has 0 aromatic heterocycles. The van der Waals surface area contributed by atoms with Crippen LogP contribution in [0.1, 0.15) is 42.6 Å². The van der Waals surface area contributed by atoms with Gasteiger partial charge >= 0.3 is 0 Å². The molecule has 0 bridgehead atoms. The fourth-order valence-corrected chi connectivity index (χ4v) is 5.29. The Morgan fingerprint density at radius 1 is 1.11 bits per heavy atom. The number of amides is 1. The molecule has 1 aliphatic heterocycles. The number of halogens is 1. The van der Waals surface area contributed by atoms with Crippen molar-refractivity contribution in [1.29, 1.82) is 0 Å². The van der Waals surface area contributed by atoms with E-state index in [2.05, 4.69) is 15.9 Å². The lowest BCUT2D eigenvalue weighted by Gasteiger charge is -2.28. The van der Waals surface area contributed by atoms with E-state index in [-0.39, 0.29) is 16.8 Å². The van der Waals surface area contributed by atoms with Crippen molar-refractivity contribution < 1.29 is 13.2 Å². The largest absolute Gasteiger partial charge is 0.332 e. The predicted molar refractivity (Wildman–Crippen MR) is 114 cm³/mol. The van der Waals surface area contributed by atoms with Crippen molar-refractivity contribution in [3.63, 3.8) is 0 Å². The van der Waals surface area contributed by atoms with Gasteiger partial charge in [0.15, 0.2) is 0 Å². The number of carbonyl (C=O) groups is 1. The molecule has 0 N–H and O–H groups in total. The number of benzene rings is 2. The van der Waals surface area contributed by atoms with Crippen LogP contribution >= 0.6 is 15.9 Å². The summed E-state index contributed by atoms with van der Waals surface area (Å²) in [6.07, 6.45) is 1.75. The van der Waals surface area contributed by atoms with Gasteiger partial charge in [-0.3, -0.25) is 4.79 Å². The number of sulfonamides is 1. The zero-order chi connectivity index (χ0) is 20.3. The summed E-state index contributed by atoms with van der Waals surface area (Å²) in [5, 5.41) is 0. The minimum Gasteiger partial charge on any atom is -0.332 e. The average Bonchev–Trinajstić information content (AvgIpc) is 3.22. The lowest BCUT2D eigenvalue weighted by atomic mass is 10.1. The first-order valence-electron chi connectivity index (χ1n) is 9.45. The van der Waals surface area contributed by atoms with Crippen molar-refractivity contribution in [2.75, 3.05) is 13.1 Å². The topological polar surface area (TPSA) is 57.7 Å². The third-order valence-corrected chi connectivity index (χ3v) is 7.54. The summed E-state index contributed by atoms with van der Waals surface area (Å²) in [5.74, 6) is -0.191. The fraction of sp³-hybridized carbons (Fsp3) is 0.381. The van der Waals surface area contributed by atoms with E-state index in [0.29, 0.717) is 29.7 Å². The molecule has 1 amide bonds. The maximum absolute atomic E-state index is 13.3. The molecule has 0 radical (unpaired) electrons. The highest BCUT2D eigenvalue weighted by Gasteiger charge is 2.29. The highest BCUT2D eigenvalue weighted by atomic mass is 79.9. The number of nitrogens with zero attached hydrogens (tertiary/aromatic N) is 2. The standard InChI is InChI=1S/C21H25BrN2O3S/c1-16(2)24(15-17-8-4-3-5-9-17)21(25)19-14-18(10-11-20(19)22)28(26,27)23-12-6-7-13-23/h3-5,8-11,14,16H,6-7,12-13,15H2,1-2H3. The molecule has 7 heteroatoms. The Kier molecular flexibility index (Phi) is 6.58. The molecule has 2 aromatic carbocycles. The Bertz CT molecular complexity index is 939. The quantitative estimate of drug-likeness (QED) is 0.640. The molecule has 1 aliphatic rings. The van der Waals surface area contributed by atoms with Gasteiger partial charge in [0.1, 0.15) is 0 Å². The van der Waals surface area contributed by atoms with Gasteiger partial charge in [0, 0.05) is 30.1 Å². The Morgan fingerprint density at radius 3 is 2.36 bits per heavy atom. The van der Waals surface area contributed by atoms with Crippen molar-refractivity contribution in [2.45, 2.75) is 44.2 Å². The van der Waals surface area contributed by atoms with E-state index in [9.17, 15) is 13.2 Å². The molecule has 2 aromatic rings. The first-order valence-corrected chi connectivity index (χ1v) is 11.7. The smallest absolute Gasteiger partial charge is 0.255 e. The molecule has 0 saturated carbocycles. The molecule has 1 fully saturated rings. The molecule has 1 saturated heterocycles. The fourth-order valence-electron chi connectivity index (χ4n) is 3.33. The lowest BCUT2D eigenvalue weighted by Crippen LogP contribution is -2.36. The van der Waals surface area contributed by atoms with Gasteiger partial charge in [0.05, 0.1) is 10.5 Å². The third-order valence-electron chi connectivity index (χ3n) is 4.95. The van der Waals surface area contributed by atoms with E-state index in [4.69, 9.17) is 0 Å². The normalized spacial score (nSPS) is 15.1. The molecule has 1 heterocycles. The monoisotopic (exact) mass is 464 g/mol. The minimum absolute atomic E-state index is 0.0292. The second kappa shape index (κ2) is 8.76. The van der Waals surface area contributed by atoms with Crippen molar-refractivity contribution in [2.24, 2.45) is 0 Å². The maximum Gasteiger partial charge on any atom is 0.255 e. The van der Waals surface area contributed by atoms with Crippen molar-refractivity contribution in [3.8, 4) is 0 Å². The molecule has 5 nitrogen and oxygen atoms in total. The molecule has 0 aliphatic carbocycles. The van der Waals surface area contributed by atoms with Crippen molar-refractivity contribution in [3.05, 3.63) is 64.1 Å². The zero-order valence-electron chi connectivity index (χ0n) is 16.1. The van der Waals surface area contributed by atoms with Gasteiger partial charge in [-0.2, -0.15) is 4.31 Å². The summed E-state index contributed by atoms with van der Waals surface area (Å²) in [4.78, 5) is 15.2. The van der Waals surface area contributed by atoms with Gasteiger partial charge in [0.25, 0.3) is 5.91 Å². The molecule has 28 heavy (non-hydrogen) atoms. The van der Waals surface area contributed by atoms with Crippen LogP contribution in [-0.2, 0) is 16.6 Å². The summed E-state index contributed by atoms with van der Waals surface area (Å²) in [5.41, 5.74) is 1.39. The number of carbonyl (C=O) groups excluding carboxylic acids is 1. The van der Waals surface area contributed by atoms with Gasteiger partial charge in [0.2, 0.25) is 10.0 Å². The van der Waals surface area contributed by atoms with Crippen LogP contribution in [0.5, 0.6) is 0 Å². The summed E-state index contributed by atoms with van der Waals surface area (Å²) in [6, 6.07) is 14.5. The van der Waals surface area contributed by atoms with Gasteiger partial charge in [-0.25, -0.2) is 8.42 Å². The van der Waals surface area contributed by atoms with E-state index >= 15 is 0 Å². The van der Waals surface area contributed by atoms with E-state index < -0.39 is 10.0 Å². The van der Waals surface area contributed by atoms with E-state index in [1.165, 1.54) is 10.4 Å². The van der Waals surface area contributed by atoms with Gasteiger partial charge < -0.3 is 4.90 Å². The molecule has 150 valence electrons. The van der Waals surface area contributed by atoms with Crippen molar-refractivity contribution >= 4 is 31.9 Å². The van der Waals surface area contributed by atoms with E-state index in [1.807, 2.05) is 44.2 Å². The number of rotatable bonds is 6. The van der Waals surface area contributed by atoms with E-state index in [0.717, 1.165) is 18.4 Å². The highest BCUT2D eigenvalue weighted by Crippen LogP contribution is 2.27. The van der Waals surface area contributed by atoms with Crippen LogP contribution in [0.25, 0.3) is 0 Å². The summed E-state index contributed by atoms with van der Waals surface area (Å²) in [6.45, 7) is 5.45. The van der Waals surface area contributed by atoms with Crippen LogP contribution in [0.3, 0.4) is 0 Å². The molecule has 0 atom stereocenters. The number of hydrogen-bond donors (Lipinski definition) is 0. The average molecular weight is 465 g/mol. The van der Waals surface area contributed by atoms with Gasteiger partial charge in [-0.05, 0) is 66.4 Å². The lowest BCUT2D eigenvalue weighted by molar-refractivity contribution is 0.0689. The first-order chi connectivity index (χ1) is 13.3. The Balaban J connectivity index is 1.93. The molecule has 3 rings (SSSR count). The second-order valence-corrected chi connectivity index (χ2v) is 10.1.